The van der Waals surface area contributed by atoms with Crippen LogP contribution in [0.25, 0.3) is 0 Å². The summed E-state index contributed by atoms with van der Waals surface area (Å²) >= 11 is 0. The van der Waals surface area contributed by atoms with E-state index >= 15 is 0 Å². The lowest BCUT2D eigenvalue weighted by atomic mass is 9.85. The van der Waals surface area contributed by atoms with Crippen molar-refractivity contribution in [1.82, 2.24) is 5.32 Å². The van der Waals surface area contributed by atoms with Crippen molar-refractivity contribution in [2.45, 2.75) is 51.7 Å². The van der Waals surface area contributed by atoms with Crippen LogP contribution in [-0.2, 0) is 9.47 Å². The van der Waals surface area contributed by atoms with Gasteiger partial charge in [0.1, 0.15) is 0 Å². The molecule has 1 heterocycles. The molecule has 94 valence electrons. The fourth-order valence-electron chi connectivity index (χ4n) is 3.18. The molecule has 0 amide bonds. The third-order valence-electron chi connectivity index (χ3n) is 4.01. The Morgan fingerprint density at radius 2 is 2.19 bits per heavy atom. The molecular formula is C13H25NO2. The van der Waals surface area contributed by atoms with Crippen LogP contribution >= 0.6 is 0 Å². The molecule has 2 atom stereocenters. The maximum absolute atomic E-state index is 6.13. The zero-order valence-corrected chi connectivity index (χ0v) is 10.8. The molecule has 0 aromatic heterocycles. The van der Waals surface area contributed by atoms with Gasteiger partial charge in [0.05, 0.1) is 24.9 Å². The Bertz CT molecular complexity index is 242. The molecule has 3 heteroatoms. The Kier molecular flexibility index (Phi) is 3.57. The molecule has 0 aromatic carbocycles. The summed E-state index contributed by atoms with van der Waals surface area (Å²) in [6.07, 6.45) is 3.59. The first kappa shape index (κ1) is 12.3. The second-order valence-corrected chi connectivity index (χ2v) is 5.92. The van der Waals surface area contributed by atoms with E-state index < -0.39 is 0 Å². The molecule has 1 aliphatic carbocycles. The van der Waals surface area contributed by atoms with Crippen molar-refractivity contribution in [2.75, 3.05) is 26.4 Å². The number of nitrogens with one attached hydrogen (secondary N) is 1. The molecule has 1 saturated heterocycles. The summed E-state index contributed by atoms with van der Waals surface area (Å²) in [5, 5.41) is 3.57. The minimum Gasteiger partial charge on any atom is -0.380 e. The van der Waals surface area contributed by atoms with Crippen LogP contribution in [0, 0.1) is 5.41 Å². The van der Waals surface area contributed by atoms with E-state index in [0.717, 1.165) is 32.8 Å². The Hall–Kier alpha value is -0.120. The number of ether oxygens (including phenoxy) is 2. The molecule has 2 rings (SSSR count). The molecule has 1 aliphatic heterocycles. The SMILES string of the molecule is CCOCC1NCCOC12CCC(C)(C)C2. The van der Waals surface area contributed by atoms with Crippen LogP contribution in [0.4, 0.5) is 0 Å². The lowest BCUT2D eigenvalue weighted by molar-refractivity contribution is -0.113. The highest BCUT2D eigenvalue weighted by molar-refractivity contribution is 5.04. The molecule has 16 heavy (non-hydrogen) atoms. The number of hydrogen-bond acceptors (Lipinski definition) is 3. The van der Waals surface area contributed by atoms with E-state index in [2.05, 4.69) is 26.1 Å². The Balaban J connectivity index is 2.04. The highest BCUT2D eigenvalue weighted by atomic mass is 16.5. The Morgan fingerprint density at radius 1 is 1.38 bits per heavy atom. The summed E-state index contributed by atoms with van der Waals surface area (Å²) in [5.74, 6) is 0. The minimum atomic E-state index is 0.0386. The number of rotatable bonds is 3. The zero-order chi connectivity index (χ0) is 11.6. The lowest BCUT2D eigenvalue weighted by Crippen LogP contribution is -2.59. The molecule has 0 bridgehead atoms. The second kappa shape index (κ2) is 4.63. The van der Waals surface area contributed by atoms with Gasteiger partial charge in [-0.25, -0.2) is 0 Å². The predicted molar refractivity (Wildman–Crippen MR) is 64.6 cm³/mol. The van der Waals surface area contributed by atoms with Gasteiger partial charge in [-0.1, -0.05) is 13.8 Å². The lowest BCUT2D eigenvalue weighted by Gasteiger charge is -2.42. The van der Waals surface area contributed by atoms with Crippen molar-refractivity contribution in [3.05, 3.63) is 0 Å². The van der Waals surface area contributed by atoms with Crippen LogP contribution in [-0.4, -0.2) is 38.0 Å². The van der Waals surface area contributed by atoms with E-state index in [9.17, 15) is 0 Å². The molecule has 3 nitrogen and oxygen atoms in total. The first-order chi connectivity index (χ1) is 7.58. The third kappa shape index (κ3) is 2.41. The normalized spacial score (nSPS) is 38.1. The molecule has 0 radical (unpaired) electrons. The van der Waals surface area contributed by atoms with Gasteiger partial charge in [0, 0.05) is 13.2 Å². The van der Waals surface area contributed by atoms with Gasteiger partial charge in [0.15, 0.2) is 0 Å². The summed E-state index contributed by atoms with van der Waals surface area (Å²) in [6.45, 7) is 10.1. The van der Waals surface area contributed by atoms with E-state index in [0.29, 0.717) is 11.5 Å². The molecule has 2 unspecified atom stereocenters. The van der Waals surface area contributed by atoms with Crippen LogP contribution in [0.5, 0.6) is 0 Å². The standard InChI is InChI=1S/C13H25NO2/c1-4-15-9-11-13(16-8-7-14-11)6-5-12(2,3)10-13/h11,14H,4-10H2,1-3H3. The largest absolute Gasteiger partial charge is 0.380 e. The predicted octanol–water partition coefficient (Wildman–Crippen LogP) is 1.96. The van der Waals surface area contributed by atoms with Gasteiger partial charge in [-0.2, -0.15) is 0 Å². The van der Waals surface area contributed by atoms with E-state index in [-0.39, 0.29) is 5.60 Å². The molecule has 1 saturated carbocycles. The summed E-state index contributed by atoms with van der Waals surface area (Å²) in [6, 6.07) is 0.378. The van der Waals surface area contributed by atoms with Gasteiger partial charge in [0.2, 0.25) is 0 Å². The van der Waals surface area contributed by atoms with Crippen LogP contribution in [0.3, 0.4) is 0 Å². The van der Waals surface area contributed by atoms with Crippen LogP contribution < -0.4 is 5.32 Å². The van der Waals surface area contributed by atoms with Gasteiger partial charge < -0.3 is 14.8 Å². The van der Waals surface area contributed by atoms with E-state index in [1.165, 1.54) is 12.8 Å². The molecule has 0 aromatic rings. The summed E-state index contributed by atoms with van der Waals surface area (Å²) in [7, 11) is 0. The average molecular weight is 227 g/mol. The fourth-order valence-corrected chi connectivity index (χ4v) is 3.18. The van der Waals surface area contributed by atoms with Crippen molar-refractivity contribution in [1.29, 1.82) is 0 Å². The van der Waals surface area contributed by atoms with Gasteiger partial charge in [0.25, 0.3) is 0 Å². The number of morpholine rings is 1. The van der Waals surface area contributed by atoms with Crippen molar-refractivity contribution < 1.29 is 9.47 Å². The van der Waals surface area contributed by atoms with Crippen LogP contribution in [0.2, 0.25) is 0 Å². The molecule has 2 aliphatic rings. The van der Waals surface area contributed by atoms with Gasteiger partial charge in [-0.15, -0.1) is 0 Å². The Morgan fingerprint density at radius 3 is 2.81 bits per heavy atom. The molecular weight excluding hydrogens is 202 g/mol. The van der Waals surface area contributed by atoms with Crippen molar-refractivity contribution in [2.24, 2.45) is 5.41 Å². The fraction of sp³-hybridized carbons (Fsp3) is 1.00. The summed E-state index contributed by atoms with van der Waals surface area (Å²) in [5.41, 5.74) is 0.459. The van der Waals surface area contributed by atoms with Gasteiger partial charge in [-0.3, -0.25) is 0 Å². The van der Waals surface area contributed by atoms with Gasteiger partial charge in [-0.05, 0) is 31.6 Å². The van der Waals surface area contributed by atoms with Crippen molar-refractivity contribution in [3.8, 4) is 0 Å². The molecule has 1 N–H and O–H groups in total. The highest BCUT2D eigenvalue weighted by Crippen LogP contribution is 2.48. The first-order valence-corrected chi connectivity index (χ1v) is 6.53. The Labute approximate surface area is 98.9 Å². The topological polar surface area (TPSA) is 30.5 Å². The third-order valence-corrected chi connectivity index (χ3v) is 4.01. The van der Waals surface area contributed by atoms with Crippen LogP contribution in [0.1, 0.15) is 40.0 Å². The molecule has 1 spiro atoms. The summed E-state index contributed by atoms with van der Waals surface area (Å²) in [4.78, 5) is 0. The number of hydrogen-bond donors (Lipinski definition) is 1. The first-order valence-electron chi connectivity index (χ1n) is 6.53. The maximum atomic E-state index is 6.13. The van der Waals surface area contributed by atoms with Crippen LogP contribution in [0.15, 0.2) is 0 Å². The van der Waals surface area contributed by atoms with Crippen molar-refractivity contribution >= 4 is 0 Å². The highest BCUT2D eigenvalue weighted by Gasteiger charge is 2.50. The van der Waals surface area contributed by atoms with Gasteiger partial charge >= 0.3 is 0 Å². The second-order valence-electron chi connectivity index (χ2n) is 5.92. The monoisotopic (exact) mass is 227 g/mol. The van der Waals surface area contributed by atoms with E-state index in [4.69, 9.17) is 9.47 Å². The van der Waals surface area contributed by atoms with E-state index in [1.54, 1.807) is 0 Å². The molecule has 2 fully saturated rings. The van der Waals surface area contributed by atoms with E-state index in [1.807, 2.05) is 0 Å². The van der Waals surface area contributed by atoms with Crippen molar-refractivity contribution in [3.63, 3.8) is 0 Å². The minimum absolute atomic E-state index is 0.0386. The quantitative estimate of drug-likeness (QED) is 0.799. The maximum Gasteiger partial charge on any atom is 0.0863 e. The summed E-state index contributed by atoms with van der Waals surface area (Å²) < 4.78 is 11.7. The smallest absolute Gasteiger partial charge is 0.0863 e. The zero-order valence-electron chi connectivity index (χ0n) is 10.8. The average Bonchev–Trinajstić information content (AvgIpc) is 2.54.